The van der Waals surface area contributed by atoms with E-state index in [1.54, 1.807) is 30.3 Å². The number of carbonyl (C=O) groups excluding carboxylic acids is 4. The average Bonchev–Trinajstić information content (AvgIpc) is 3.55. The van der Waals surface area contributed by atoms with Crippen LogP contribution in [0.4, 0.5) is 18.9 Å². The van der Waals surface area contributed by atoms with Crippen LogP contribution in [0.2, 0.25) is 0 Å². The number of hydrogen-bond acceptors (Lipinski definition) is 5. The van der Waals surface area contributed by atoms with E-state index in [0.717, 1.165) is 29.5 Å². The molecule has 3 amide bonds. The minimum absolute atomic E-state index is 0.00853. The first kappa shape index (κ1) is 24.7. The summed E-state index contributed by atoms with van der Waals surface area (Å²) in [6, 6.07) is 11.6. The molecule has 7 nitrogen and oxygen atoms in total. The Morgan fingerprint density at radius 1 is 0.973 bits per heavy atom. The maximum atomic E-state index is 13.3. The predicted octanol–water partition coefficient (Wildman–Crippen LogP) is 3.61. The van der Waals surface area contributed by atoms with Crippen LogP contribution in [0.3, 0.4) is 0 Å². The van der Waals surface area contributed by atoms with Gasteiger partial charge in [-0.15, -0.1) is 0 Å². The number of amides is 3. The molecule has 1 saturated carbocycles. The van der Waals surface area contributed by atoms with E-state index < -0.39 is 59.9 Å². The lowest BCUT2D eigenvalue weighted by Gasteiger charge is -2.26. The van der Waals surface area contributed by atoms with Crippen LogP contribution in [0.1, 0.15) is 17.5 Å². The Hall–Kier alpha value is -3.95. The van der Waals surface area contributed by atoms with Gasteiger partial charge in [-0.3, -0.25) is 19.3 Å². The lowest BCUT2D eigenvalue weighted by molar-refractivity contribution is -0.160. The number of hydrogen-bond donors (Lipinski definition) is 1. The summed E-state index contributed by atoms with van der Waals surface area (Å²) in [5, 5.41) is 2.27. The number of halogens is 3. The molecule has 3 aliphatic rings. The van der Waals surface area contributed by atoms with Crippen LogP contribution in [0.25, 0.3) is 0 Å². The van der Waals surface area contributed by atoms with Crippen LogP contribution in [0.5, 0.6) is 0 Å². The van der Waals surface area contributed by atoms with Crippen LogP contribution in [-0.2, 0) is 36.5 Å². The van der Waals surface area contributed by atoms with Crippen LogP contribution in [-0.4, -0.2) is 41.2 Å². The summed E-state index contributed by atoms with van der Waals surface area (Å²) in [7, 11) is 0. The van der Waals surface area contributed by atoms with E-state index in [9.17, 15) is 32.3 Å². The molecule has 10 heteroatoms. The van der Waals surface area contributed by atoms with Crippen molar-refractivity contribution in [1.29, 1.82) is 0 Å². The van der Waals surface area contributed by atoms with Crippen molar-refractivity contribution in [2.24, 2.45) is 23.7 Å². The quantitative estimate of drug-likeness (QED) is 0.348. The van der Waals surface area contributed by atoms with E-state index in [-0.39, 0.29) is 23.9 Å². The Labute approximate surface area is 210 Å². The molecule has 2 fully saturated rings. The molecule has 5 atom stereocenters. The SMILES string of the molecule is O=C(COC(=O)[C@H](Cc1ccccc1)N1C(=O)[C@@H]2[C@H](C1=O)[C@H]1C=C[C@H]2C1)Nc1cccc(C(F)(F)F)c1. The second kappa shape index (κ2) is 9.49. The third-order valence-electron chi connectivity index (χ3n) is 7.18. The topological polar surface area (TPSA) is 92.8 Å². The van der Waals surface area contributed by atoms with Crippen LogP contribution in [0.15, 0.2) is 66.7 Å². The molecular weight excluding hydrogens is 489 g/mol. The van der Waals surface area contributed by atoms with Crippen molar-refractivity contribution in [3.8, 4) is 0 Å². The van der Waals surface area contributed by atoms with Gasteiger partial charge in [0, 0.05) is 12.1 Å². The molecule has 1 N–H and O–H groups in total. The number of nitrogens with zero attached hydrogens (tertiary/aromatic N) is 1. The van der Waals surface area contributed by atoms with Crippen molar-refractivity contribution in [2.75, 3.05) is 11.9 Å². The highest BCUT2D eigenvalue weighted by Gasteiger charge is 2.61. The summed E-state index contributed by atoms with van der Waals surface area (Å²) in [6.07, 6.45) is 0.0605. The zero-order chi connectivity index (χ0) is 26.3. The highest BCUT2D eigenvalue weighted by molar-refractivity contribution is 6.09. The highest BCUT2D eigenvalue weighted by atomic mass is 19.4. The minimum Gasteiger partial charge on any atom is -0.454 e. The number of imide groups is 1. The maximum absolute atomic E-state index is 13.3. The molecule has 2 aromatic carbocycles. The van der Waals surface area contributed by atoms with Gasteiger partial charge in [-0.1, -0.05) is 48.6 Å². The molecule has 0 radical (unpaired) electrons. The van der Waals surface area contributed by atoms with Gasteiger partial charge in [-0.05, 0) is 42.0 Å². The predicted molar refractivity (Wildman–Crippen MR) is 125 cm³/mol. The Morgan fingerprint density at radius 2 is 1.62 bits per heavy atom. The van der Waals surface area contributed by atoms with E-state index in [4.69, 9.17) is 4.74 Å². The van der Waals surface area contributed by atoms with Gasteiger partial charge in [0.25, 0.3) is 5.91 Å². The van der Waals surface area contributed by atoms with Gasteiger partial charge in [0.05, 0.1) is 17.4 Å². The lowest BCUT2D eigenvalue weighted by Crippen LogP contribution is -2.48. The Kier molecular flexibility index (Phi) is 6.35. The monoisotopic (exact) mass is 512 g/mol. The fourth-order valence-corrected chi connectivity index (χ4v) is 5.55. The highest BCUT2D eigenvalue weighted by Crippen LogP contribution is 2.53. The van der Waals surface area contributed by atoms with Gasteiger partial charge >= 0.3 is 12.1 Å². The van der Waals surface area contributed by atoms with Crippen LogP contribution >= 0.6 is 0 Å². The Morgan fingerprint density at radius 3 is 2.24 bits per heavy atom. The number of likely N-dealkylation sites (tertiary alicyclic amines) is 1. The molecule has 2 bridgehead atoms. The molecule has 2 aliphatic carbocycles. The lowest BCUT2D eigenvalue weighted by atomic mass is 9.85. The molecule has 0 spiro atoms. The normalized spacial score (nSPS) is 24.8. The average molecular weight is 512 g/mol. The maximum Gasteiger partial charge on any atom is 0.416 e. The fourth-order valence-electron chi connectivity index (χ4n) is 5.55. The number of esters is 1. The number of anilines is 1. The van der Waals surface area contributed by atoms with E-state index in [1.165, 1.54) is 6.07 Å². The number of ether oxygens (including phenoxy) is 1. The van der Waals surface area contributed by atoms with Crippen molar-refractivity contribution in [2.45, 2.75) is 25.1 Å². The van der Waals surface area contributed by atoms with Gasteiger partial charge in [-0.2, -0.15) is 13.2 Å². The first-order valence-electron chi connectivity index (χ1n) is 11.9. The van der Waals surface area contributed by atoms with Crippen molar-refractivity contribution >= 4 is 29.4 Å². The second-order valence-corrected chi connectivity index (χ2v) is 9.49. The van der Waals surface area contributed by atoms with Gasteiger partial charge in [0.1, 0.15) is 6.04 Å². The molecule has 0 unspecified atom stereocenters. The Balaban J connectivity index is 1.30. The zero-order valence-electron chi connectivity index (χ0n) is 19.5. The van der Waals surface area contributed by atoms with Crippen molar-refractivity contribution < 1.29 is 37.1 Å². The van der Waals surface area contributed by atoms with E-state index in [1.807, 2.05) is 12.2 Å². The zero-order valence-corrected chi connectivity index (χ0v) is 19.5. The van der Waals surface area contributed by atoms with E-state index in [2.05, 4.69) is 5.32 Å². The molecule has 5 rings (SSSR count). The van der Waals surface area contributed by atoms with Gasteiger partial charge in [0.15, 0.2) is 6.61 Å². The summed E-state index contributed by atoms with van der Waals surface area (Å²) in [6.45, 7) is -0.795. The summed E-state index contributed by atoms with van der Waals surface area (Å²) in [4.78, 5) is 53.1. The molecular formula is C27H23F3N2O5. The number of nitrogens with one attached hydrogen (secondary N) is 1. The van der Waals surface area contributed by atoms with Crippen molar-refractivity contribution in [3.05, 3.63) is 77.9 Å². The smallest absolute Gasteiger partial charge is 0.416 e. The third kappa shape index (κ3) is 4.75. The molecule has 192 valence electrons. The van der Waals surface area contributed by atoms with Crippen molar-refractivity contribution in [1.82, 2.24) is 4.90 Å². The largest absolute Gasteiger partial charge is 0.454 e. The molecule has 2 aromatic rings. The number of rotatable bonds is 7. The molecule has 0 aromatic heterocycles. The van der Waals surface area contributed by atoms with E-state index in [0.29, 0.717) is 5.56 Å². The van der Waals surface area contributed by atoms with Crippen LogP contribution < -0.4 is 5.32 Å². The van der Waals surface area contributed by atoms with Gasteiger partial charge in [0.2, 0.25) is 11.8 Å². The molecule has 1 saturated heterocycles. The van der Waals surface area contributed by atoms with Crippen molar-refractivity contribution in [3.63, 3.8) is 0 Å². The number of alkyl halides is 3. The fraction of sp³-hybridized carbons (Fsp3) is 0.333. The van der Waals surface area contributed by atoms with Gasteiger partial charge < -0.3 is 10.1 Å². The number of fused-ring (bicyclic) bond motifs is 5. The Bertz CT molecular complexity index is 1250. The molecule has 1 aliphatic heterocycles. The minimum atomic E-state index is -4.58. The summed E-state index contributed by atoms with van der Waals surface area (Å²) >= 11 is 0. The van der Waals surface area contributed by atoms with E-state index >= 15 is 0 Å². The summed E-state index contributed by atoms with van der Waals surface area (Å²) in [5.74, 6) is -3.72. The van der Waals surface area contributed by atoms with Crippen LogP contribution in [0, 0.1) is 23.7 Å². The summed E-state index contributed by atoms with van der Waals surface area (Å²) < 4.78 is 44.0. The third-order valence-corrected chi connectivity index (χ3v) is 7.18. The standard InChI is InChI=1S/C27H23F3N2O5/c28-27(29,30)18-7-4-8-19(13-18)31-21(33)14-37-26(36)20(11-15-5-2-1-3-6-15)32-24(34)22-16-9-10-17(12-16)23(22)25(32)35/h1-10,13,16-17,20,22-23H,11-12,14H2,(H,31,33)/t16-,17-,20-,22-,23+/m0/s1. The first-order chi connectivity index (χ1) is 17.6. The number of allylic oxidation sites excluding steroid dienone is 2. The number of carbonyl (C=O) groups is 4. The molecule has 37 heavy (non-hydrogen) atoms. The van der Waals surface area contributed by atoms with Gasteiger partial charge in [-0.25, -0.2) is 4.79 Å². The molecule has 1 heterocycles. The summed E-state index contributed by atoms with van der Waals surface area (Å²) in [5.41, 5.74) is -0.362. The second-order valence-electron chi connectivity index (χ2n) is 9.49. The number of benzene rings is 2. The first-order valence-corrected chi connectivity index (χ1v) is 11.9.